The molecule has 3 heterocycles. The highest BCUT2D eigenvalue weighted by Gasteiger charge is 2.24. The number of pyridine rings is 1. The van der Waals surface area contributed by atoms with E-state index in [0.717, 1.165) is 25.2 Å². The maximum Gasteiger partial charge on any atom is 0.250 e. The molecule has 0 N–H and O–H groups in total. The van der Waals surface area contributed by atoms with E-state index in [1.54, 1.807) is 4.68 Å². The van der Waals surface area contributed by atoms with E-state index in [1.165, 1.54) is 24.7 Å². The lowest BCUT2D eigenvalue weighted by atomic mass is 10.1. The van der Waals surface area contributed by atoms with Crippen LogP contribution in [0.5, 0.6) is 5.88 Å². The first kappa shape index (κ1) is 15.8. The molecular weight excluding hydrogens is 304 g/mol. The van der Waals surface area contributed by atoms with Gasteiger partial charge in [0.2, 0.25) is 0 Å². The van der Waals surface area contributed by atoms with Crippen LogP contribution in [0.1, 0.15) is 18.7 Å². The second-order valence-corrected chi connectivity index (χ2v) is 5.50. The Hall–Kier alpha value is -2.09. The van der Waals surface area contributed by atoms with Gasteiger partial charge in [0.15, 0.2) is 5.82 Å². The third-order valence-corrected chi connectivity index (χ3v) is 3.82. The number of alkyl halides is 1. The van der Waals surface area contributed by atoms with Crippen LogP contribution in [0.2, 0.25) is 0 Å². The van der Waals surface area contributed by atoms with Gasteiger partial charge in [-0.25, -0.2) is 23.4 Å². The van der Waals surface area contributed by atoms with Crippen molar-refractivity contribution in [3.05, 3.63) is 36.3 Å². The van der Waals surface area contributed by atoms with Crippen molar-refractivity contribution in [1.82, 2.24) is 24.6 Å². The third kappa shape index (κ3) is 4.01. The minimum atomic E-state index is -0.471. The van der Waals surface area contributed by atoms with Crippen LogP contribution in [-0.4, -0.2) is 50.5 Å². The lowest BCUT2D eigenvalue weighted by Crippen LogP contribution is -2.41. The Labute approximate surface area is 133 Å². The number of aryl methyl sites for hydroxylation is 1. The fraction of sp³-hybridized carbons (Fsp3) is 0.533. The van der Waals surface area contributed by atoms with E-state index >= 15 is 0 Å². The van der Waals surface area contributed by atoms with Crippen molar-refractivity contribution < 1.29 is 13.5 Å². The molecular formula is C15H19F2N5O. The molecule has 0 amide bonds. The lowest BCUT2D eigenvalue weighted by Gasteiger charge is -2.32. The lowest BCUT2D eigenvalue weighted by molar-refractivity contribution is 0.0751. The van der Waals surface area contributed by atoms with Gasteiger partial charge in [-0.3, -0.25) is 4.90 Å². The normalized spacial score (nSPS) is 19.0. The van der Waals surface area contributed by atoms with Gasteiger partial charge < -0.3 is 4.74 Å². The van der Waals surface area contributed by atoms with E-state index in [2.05, 4.69) is 20.0 Å². The first-order valence-corrected chi connectivity index (χ1v) is 7.68. The predicted molar refractivity (Wildman–Crippen MR) is 79.1 cm³/mol. The number of halogens is 2. The average Bonchev–Trinajstić information content (AvgIpc) is 2.98. The molecule has 3 rings (SSSR count). The highest BCUT2D eigenvalue weighted by atomic mass is 19.1. The van der Waals surface area contributed by atoms with E-state index < -0.39 is 12.5 Å². The number of ether oxygens (including phenoxy) is 1. The Balaban J connectivity index is 1.60. The van der Waals surface area contributed by atoms with Crippen molar-refractivity contribution in [2.45, 2.75) is 32.0 Å². The Morgan fingerprint density at radius 2 is 2.26 bits per heavy atom. The van der Waals surface area contributed by atoms with Gasteiger partial charge in [0, 0.05) is 12.7 Å². The molecule has 23 heavy (non-hydrogen) atoms. The molecule has 6 nitrogen and oxygen atoms in total. The number of likely N-dealkylation sites (tertiary alicyclic amines) is 1. The summed E-state index contributed by atoms with van der Waals surface area (Å²) in [4.78, 5) is 10.3. The summed E-state index contributed by atoms with van der Waals surface area (Å²) in [6, 6.07) is 2.87. The molecule has 0 radical (unpaired) electrons. The second-order valence-electron chi connectivity index (χ2n) is 5.50. The molecule has 2 aromatic rings. The van der Waals surface area contributed by atoms with Gasteiger partial charge in [-0.15, -0.1) is 0 Å². The van der Waals surface area contributed by atoms with Crippen LogP contribution in [0, 0.1) is 5.82 Å². The molecule has 0 aliphatic carbocycles. The maximum absolute atomic E-state index is 13.6. The van der Waals surface area contributed by atoms with E-state index in [1.807, 2.05) is 0 Å². The summed E-state index contributed by atoms with van der Waals surface area (Å²) in [6.07, 6.45) is 4.62. The van der Waals surface area contributed by atoms with Crippen LogP contribution in [0.4, 0.5) is 8.78 Å². The largest absolute Gasteiger partial charge is 0.471 e. The smallest absolute Gasteiger partial charge is 0.250 e. The molecule has 1 atom stereocenters. The summed E-state index contributed by atoms with van der Waals surface area (Å²) in [5.41, 5.74) is 0. The molecule has 0 saturated carbocycles. The molecule has 1 fully saturated rings. The molecule has 0 spiro atoms. The SMILES string of the molecule is FCCn1ncnc1CN1CCC[C@H](Oc2ncccc2F)C1. The third-order valence-electron chi connectivity index (χ3n) is 3.82. The molecule has 8 heteroatoms. The van der Waals surface area contributed by atoms with Gasteiger partial charge in [0.1, 0.15) is 24.9 Å². The number of piperidine rings is 1. The maximum atomic E-state index is 13.6. The first-order chi connectivity index (χ1) is 11.3. The fourth-order valence-corrected chi connectivity index (χ4v) is 2.75. The summed E-state index contributed by atoms with van der Waals surface area (Å²) in [5, 5.41) is 4.02. The number of hydrogen-bond donors (Lipinski definition) is 0. The van der Waals surface area contributed by atoms with Crippen LogP contribution in [-0.2, 0) is 13.1 Å². The zero-order valence-electron chi connectivity index (χ0n) is 12.7. The zero-order valence-corrected chi connectivity index (χ0v) is 12.7. The highest BCUT2D eigenvalue weighted by Crippen LogP contribution is 2.20. The monoisotopic (exact) mass is 323 g/mol. The van der Waals surface area contributed by atoms with Crippen molar-refractivity contribution in [3.8, 4) is 5.88 Å². The van der Waals surface area contributed by atoms with Crippen molar-refractivity contribution in [2.75, 3.05) is 19.8 Å². The van der Waals surface area contributed by atoms with Crippen molar-refractivity contribution >= 4 is 0 Å². The second kappa shape index (κ2) is 7.45. The number of rotatable bonds is 6. The van der Waals surface area contributed by atoms with Crippen LogP contribution >= 0.6 is 0 Å². The minimum Gasteiger partial charge on any atom is -0.471 e. The highest BCUT2D eigenvalue weighted by molar-refractivity contribution is 5.13. The minimum absolute atomic E-state index is 0.0416. The summed E-state index contributed by atoms with van der Waals surface area (Å²) < 4.78 is 33.4. The van der Waals surface area contributed by atoms with Gasteiger partial charge in [0.25, 0.3) is 5.88 Å². The number of nitrogens with zero attached hydrogens (tertiary/aromatic N) is 5. The Bertz CT molecular complexity index is 636. The summed E-state index contributed by atoms with van der Waals surface area (Å²) in [7, 11) is 0. The van der Waals surface area contributed by atoms with E-state index in [9.17, 15) is 8.78 Å². The first-order valence-electron chi connectivity index (χ1n) is 7.68. The molecule has 1 aliphatic rings. The standard InChI is InChI=1S/C15H19F2N5O/c16-5-8-22-14(19-11-20-22)10-21-7-2-3-12(9-21)23-15-13(17)4-1-6-18-15/h1,4,6,11-12H,2-3,5,7-10H2/t12-/m0/s1. The van der Waals surface area contributed by atoms with Crippen molar-refractivity contribution in [3.63, 3.8) is 0 Å². The van der Waals surface area contributed by atoms with Gasteiger partial charge in [-0.2, -0.15) is 5.10 Å². The molecule has 0 unspecified atom stereocenters. The Kier molecular flexibility index (Phi) is 5.12. The molecule has 2 aromatic heterocycles. The summed E-state index contributed by atoms with van der Waals surface area (Å²) in [5.74, 6) is 0.319. The van der Waals surface area contributed by atoms with Gasteiger partial charge >= 0.3 is 0 Å². The average molecular weight is 323 g/mol. The molecule has 1 saturated heterocycles. The topological polar surface area (TPSA) is 56.1 Å². The number of aromatic nitrogens is 4. The van der Waals surface area contributed by atoms with Gasteiger partial charge in [-0.1, -0.05) is 0 Å². The molecule has 0 bridgehead atoms. The van der Waals surface area contributed by atoms with Crippen LogP contribution in [0.3, 0.4) is 0 Å². The zero-order chi connectivity index (χ0) is 16.1. The van der Waals surface area contributed by atoms with Gasteiger partial charge in [0.05, 0.1) is 13.1 Å². The van der Waals surface area contributed by atoms with E-state index in [0.29, 0.717) is 13.1 Å². The van der Waals surface area contributed by atoms with Crippen LogP contribution in [0.15, 0.2) is 24.7 Å². The molecule has 1 aliphatic heterocycles. The van der Waals surface area contributed by atoms with Crippen molar-refractivity contribution in [2.24, 2.45) is 0 Å². The van der Waals surface area contributed by atoms with Crippen molar-refractivity contribution in [1.29, 1.82) is 0 Å². The van der Waals surface area contributed by atoms with Crippen LogP contribution in [0.25, 0.3) is 0 Å². The quantitative estimate of drug-likeness (QED) is 0.812. The van der Waals surface area contributed by atoms with E-state index in [4.69, 9.17) is 4.74 Å². The summed E-state index contributed by atoms with van der Waals surface area (Å²) in [6.45, 7) is 1.86. The predicted octanol–water partition coefficient (Wildman–Crippen LogP) is 1.83. The fourth-order valence-electron chi connectivity index (χ4n) is 2.75. The Morgan fingerprint density at radius 3 is 3.09 bits per heavy atom. The van der Waals surface area contributed by atoms with Crippen LogP contribution < -0.4 is 4.74 Å². The summed E-state index contributed by atoms with van der Waals surface area (Å²) >= 11 is 0. The van der Waals surface area contributed by atoms with Gasteiger partial charge in [-0.05, 0) is 31.5 Å². The Morgan fingerprint density at radius 1 is 1.35 bits per heavy atom. The van der Waals surface area contributed by atoms with E-state index in [-0.39, 0.29) is 18.5 Å². The molecule has 0 aromatic carbocycles. The molecule has 124 valence electrons. The number of hydrogen-bond acceptors (Lipinski definition) is 5.